The van der Waals surface area contributed by atoms with Gasteiger partial charge in [0, 0.05) is 30.5 Å². The first-order valence-electron chi connectivity index (χ1n) is 6.31. The molecule has 0 radical (unpaired) electrons. The average molecular weight is 300 g/mol. The van der Waals surface area contributed by atoms with Gasteiger partial charge in [-0.1, -0.05) is 25.4 Å². The van der Waals surface area contributed by atoms with Gasteiger partial charge in [0.25, 0.3) is 0 Å². The second kappa shape index (κ2) is 6.50. The maximum atomic E-state index is 6.21. The van der Waals surface area contributed by atoms with Crippen molar-refractivity contribution in [2.24, 2.45) is 0 Å². The number of rotatable bonds is 6. The second-order valence-corrected chi connectivity index (χ2v) is 6.05. The highest BCUT2D eigenvalue weighted by molar-refractivity contribution is 7.18. The molecule has 0 amide bonds. The molecule has 2 aromatic rings. The molecule has 104 valence electrons. The summed E-state index contributed by atoms with van der Waals surface area (Å²) in [5.41, 5.74) is 0. The Morgan fingerprint density at radius 3 is 2.89 bits per heavy atom. The van der Waals surface area contributed by atoms with E-state index in [0.717, 1.165) is 29.8 Å². The molecule has 0 fully saturated rings. The van der Waals surface area contributed by atoms with Crippen molar-refractivity contribution in [1.82, 2.24) is 9.97 Å². The molecule has 0 spiro atoms. The van der Waals surface area contributed by atoms with Crippen LogP contribution in [-0.4, -0.2) is 30.2 Å². The Balaban J connectivity index is 2.18. The molecule has 0 unspecified atom stereocenters. The van der Waals surface area contributed by atoms with Crippen LogP contribution in [0.4, 0.5) is 5.95 Å². The Morgan fingerprint density at radius 1 is 1.42 bits per heavy atom. The van der Waals surface area contributed by atoms with Crippen LogP contribution in [0.2, 0.25) is 5.15 Å². The lowest BCUT2D eigenvalue weighted by atomic mass is 10.2. The highest BCUT2D eigenvalue weighted by Gasteiger charge is 2.11. The van der Waals surface area contributed by atoms with Gasteiger partial charge in [-0.3, -0.25) is 0 Å². The molecule has 19 heavy (non-hydrogen) atoms. The van der Waals surface area contributed by atoms with Crippen LogP contribution in [0.25, 0.3) is 10.2 Å². The second-order valence-electron chi connectivity index (χ2n) is 4.63. The number of aromatic nitrogens is 2. The fourth-order valence-corrected chi connectivity index (χ4v) is 3.00. The van der Waals surface area contributed by atoms with Crippen molar-refractivity contribution >= 4 is 39.1 Å². The van der Waals surface area contributed by atoms with Gasteiger partial charge in [0.2, 0.25) is 5.95 Å². The van der Waals surface area contributed by atoms with Crippen LogP contribution in [-0.2, 0) is 4.74 Å². The molecule has 0 aliphatic rings. The van der Waals surface area contributed by atoms with Crippen molar-refractivity contribution in [2.45, 2.75) is 26.2 Å². The molecule has 0 aliphatic heterocycles. The van der Waals surface area contributed by atoms with Crippen LogP contribution in [0.3, 0.4) is 0 Å². The molecule has 0 aromatic carbocycles. The minimum Gasteiger partial charge on any atom is -0.385 e. The zero-order chi connectivity index (χ0) is 13.8. The summed E-state index contributed by atoms with van der Waals surface area (Å²) in [5.74, 6) is 1.07. The number of hydrogen-bond acceptors (Lipinski definition) is 5. The Labute approximate surface area is 122 Å². The van der Waals surface area contributed by atoms with Gasteiger partial charge < -0.3 is 10.1 Å². The predicted molar refractivity (Wildman–Crippen MR) is 81.5 cm³/mol. The maximum Gasteiger partial charge on any atom is 0.225 e. The van der Waals surface area contributed by atoms with E-state index in [4.69, 9.17) is 16.3 Å². The number of nitrogens with one attached hydrogen (secondary N) is 1. The third-order valence-corrected chi connectivity index (χ3v) is 4.36. The third-order valence-electron chi connectivity index (χ3n) is 2.74. The van der Waals surface area contributed by atoms with Gasteiger partial charge in [0.1, 0.15) is 9.98 Å². The van der Waals surface area contributed by atoms with Crippen molar-refractivity contribution in [2.75, 3.05) is 25.6 Å². The van der Waals surface area contributed by atoms with Crippen LogP contribution in [0.1, 0.15) is 31.1 Å². The summed E-state index contributed by atoms with van der Waals surface area (Å²) in [6, 6.07) is 2.09. The van der Waals surface area contributed by atoms with E-state index >= 15 is 0 Å². The molecule has 0 atom stereocenters. The number of thiophene rings is 1. The lowest BCUT2D eigenvalue weighted by molar-refractivity contribution is 0.197. The SMILES string of the molecule is COCCCNc1nc(Cl)c2cc(C(C)C)sc2n1. The standard InChI is InChI=1S/C13H18ClN3OS/c1-8(2)10-7-9-11(14)16-13(17-12(9)19-10)15-5-4-6-18-3/h7-8H,4-6H2,1-3H3,(H,15,16,17). The van der Waals surface area contributed by atoms with Crippen LogP contribution < -0.4 is 5.32 Å². The Kier molecular flexibility index (Phi) is 4.96. The van der Waals surface area contributed by atoms with E-state index in [9.17, 15) is 0 Å². The number of nitrogens with zero attached hydrogens (tertiary/aromatic N) is 2. The molecule has 0 saturated carbocycles. The van der Waals surface area contributed by atoms with Gasteiger partial charge in [-0.05, 0) is 18.4 Å². The van der Waals surface area contributed by atoms with Gasteiger partial charge in [0.05, 0.1) is 0 Å². The molecule has 0 bridgehead atoms. The largest absolute Gasteiger partial charge is 0.385 e. The number of hydrogen-bond donors (Lipinski definition) is 1. The monoisotopic (exact) mass is 299 g/mol. The Bertz CT molecular complexity index is 556. The van der Waals surface area contributed by atoms with Crippen molar-refractivity contribution < 1.29 is 4.74 Å². The molecule has 1 N–H and O–H groups in total. The lowest BCUT2D eigenvalue weighted by Gasteiger charge is -2.04. The summed E-state index contributed by atoms with van der Waals surface area (Å²) in [4.78, 5) is 11.0. The summed E-state index contributed by atoms with van der Waals surface area (Å²) in [7, 11) is 1.69. The molecule has 2 aromatic heterocycles. The van der Waals surface area contributed by atoms with E-state index in [2.05, 4.69) is 35.2 Å². The summed E-state index contributed by atoms with van der Waals surface area (Å²) < 4.78 is 5.00. The zero-order valence-corrected chi connectivity index (χ0v) is 12.9. The van der Waals surface area contributed by atoms with Crippen LogP contribution in [0.5, 0.6) is 0 Å². The van der Waals surface area contributed by atoms with E-state index in [1.807, 2.05) is 0 Å². The highest BCUT2D eigenvalue weighted by atomic mass is 35.5. The van der Waals surface area contributed by atoms with E-state index in [0.29, 0.717) is 17.0 Å². The molecule has 6 heteroatoms. The first-order chi connectivity index (χ1) is 9.11. The fraction of sp³-hybridized carbons (Fsp3) is 0.538. The first-order valence-corrected chi connectivity index (χ1v) is 7.51. The summed E-state index contributed by atoms with van der Waals surface area (Å²) >= 11 is 7.89. The van der Waals surface area contributed by atoms with Gasteiger partial charge >= 0.3 is 0 Å². The van der Waals surface area contributed by atoms with Gasteiger partial charge in [-0.15, -0.1) is 11.3 Å². The maximum absolute atomic E-state index is 6.21. The quantitative estimate of drug-likeness (QED) is 0.649. The molecule has 0 aliphatic carbocycles. The third kappa shape index (κ3) is 3.55. The van der Waals surface area contributed by atoms with E-state index < -0.39 is 0 Å². The molecule has 0 saturated heterocycles. The minimum absolute atomic E-state index is 0.480. The number of anilines is 1. The van der Waals surface area contributed by atoms with Crippen LogP contribution in [0.15, 0.2) is 6.07 Å². The Hall–Kier alpha value is -0.910. The van der Waals surface area contributed by atoms with Crippen molar-refractivity contribution in [3.63, 3.8) is 0 Å². The highest BCUT2D eigenvalue weighted by Crippen LogP contribution is 2.33. The smallest absolute Gasteiger partial charge is 0.225 e. The van der Waals surface area contributed by atoms with E-state index in [1.165, 1.54) is 4.88 Å². The van der Waals surface area contributed by atoms with Gasteiger partial charge in [-0.25, -0.2) is 9.97 Å². The van der Waals surface area contributed by atoms with Crippen molar-refractivity contribution in [3.8, 4) is 0 Å². The molecular weight excluding hydrogens is 282 g/mol. The lowest BCUT2D eigenvalue weighted by Crippen LogP contribution is -2.07. The molecule has 4 nitrogen and oxygen atoms in total. The molecule has 2 heterocycles. The summed E-state index contributed by atoms with van der Waals surface area (Å²) in [6.45, 7) is 5.82. The van der Waals surface area contributed by atoms with Crippen molar-refractivity contribution in [3.05, 3.63) is 16.1 Å². The number of ether oxygens (including phenoxy) is 1. The zero-order valence-electron chi connectivity index (χ0n) is 11.4. The van der Waals surface area contributed by atoms with Gasteiger partial charge in [-0.2, -0.15) is 0 Å². The molecular formula is C13H18ClN3OS. The van der Waals surface area contributed by atoms with Crippen LogP contribution in [0, 0.1) is 0 Å². The minimum atomic E-state index is 0.480. The molecule has 2 rings (SSSR count). The summed E-state index contributed by atoms with van der Waals surface area (Å²) in [6.07, 6.45) is 0.914. The van der Waals surface area contributed by atoms with E-state index in [-0.39, 0.29) is 0 Å². The predicted octanol–water partition coefficient (Wildman–Crippen LogP) is 3.92. The number of halogens is 1. The van der Waals surface area contributed by atoms with E-state index in [1.54, 1.807) is 18.4 Å². The average Bonchev–Trinajstić information content (AvgIpc) is 2.79. The van der Waals surface area contributed by atoms with Crippen molar-refractivity contribution in [1.29, 1.82) is 0 Å². The number of methoxy groups -OCH3 is 1. The van der Waals surface area contributed by atoms with Gasteiger partial charge in [0.15, 0.2) is 0 Å². The number of fused-ring (bicyclic) bond motifs is 1. The normalized spacial score (nSPS) is 11.4. The topological polar surface area (TPSA) is 47.0 Å². The fourth-order valence-electron chi connectivity index (χ4n) is 1.69. The Morgan fingerprint density at radius 2 is 2.21 bits per heavy atom. The first kappa shape index (κ1) is 14.5. The van der Waals surface area contributed by atoms with Crippen LogP contribution >= 0.6 is 22.9 Å². The summed E-state index contributed by atoms with van der Waals surface area (Å²) in [5, 5.41) is 4.63.